The summed E-state index contributed by atoms with van der Waals surface area (Å²) in [5.74, 6) is 0.145. The summed E-state index contributed by atoms with van der Waals surface area (Å²) in [7, 11) is -3.04. The molecule has 0 amide bonds. The van der Waals surface area contributed by atoms with Crippen LogP contribution in [-0.2, 0) is 9.84 Å². The minimum Gasteiger partial charge on any atom is -0.223 e. The van der Waals surface area contributed by atoms with Crippen LogP contribution in [0, 0.1) is 0 Å². The van der Waals surface area contributed by atoms with E-state index < -0.39 is 9.84 Å². The van der Waals surface area contributed by atoms with Gasteiger partial charge in [-0.1, -0.05) is 6.92 Å². The Morgan fingerprint density at radius 2 is 2.08 bits per heavy atom. The smallest absolute Gasteiger partial charge is 0.187 e. The molecule has 0 saturated heterocycles. The summed E-state index contributed by atoms with van der Waals surface area (Å²) in [4.78, 5) is 0. The topological polar surface area (TPSA) is 34.1 Å². The standard InChI is InChI=1S/C6H6Br2O2S2/c1-2-12(9,10)5-3-4(7)6(8)11-5/h3H,2H2,1H3. The molecule has 2 nitrogen and oxygen atoms in total. The monoisotopic (exact) mass is 332 g/mol. The second-order valence-electron chi connectivity index (χ2n) is 2.09. The van der Waals surface area contributed by atoms with E-state index in [0.717, 1.165) is 8.26 Å². The van der Waals surface area contributed by atoms with E-state index >= 15 is 0 Å². The zero-order valence-electron chi connectivity index (χ0n) is 6.17. The van der Waals surface area contributed by atoms with Crippen molar-refractivity contribution < 1.29 is 8.42 Å². The van der Waals surface area contributed by atoms with Crippen LogP contribution in [0.3, 0.4) is 0 Å². The number of rotatable bonds is 2. The van der Waals surface area contributed by atoms with Crippen molar-refractivity contribution in [1.29, 1.82) is 0 Å². The molecule has 0 N–H and O–H groups in total. The van der Waals surface area contributed by atoms with Crippen LogP contribution in [0.25, 0.3) is 0 Å². The Labute approximate surface area is 92.2 Å². The van der Waals surface area contributed by atoms with Crippen molar-refractivity contribution in [2.24, 2.45) is 0 Å². The molecule has 68 valence electrons. The normalized spacial score (nSPS) is 11.9. The highest BCUT2D eigenvalue weighted by Crippen LogP contribution is 2.35. The highest BCUT2D eigenvalue weighted by Gasteiger charge is 2.16. The van der Waals surface area contributed by atoms with Crippen molar-refractivity contribution >= 4 is 53.0 Å². The van der Waals surface area contributed by atoms with E-state index in [4.69, 9.17) is 0 Å². The average Bonchev–Trinajstić information content (AvgIpc) is 2.33. The van der Waals surface area contributed by atoms with E-state index in [1.807, 2.05) is 0 Å². The first kappa shape index (κ1) is 10.7. The third-order valence-corrected chi connectivity index (χ3v) is 6.86. The Morgan fingerprint density at radius 1 is 1.50 bits per heavy atom. The van der Waals surface area contributed by atoms with Gasteiger partial charge in [0, 0.05) is 4.47 Å². The van der Waals surface area contributed by atoms with Gasteiger partial charge in [0.15, 0.2) is 9.84 Å². The van der Waals surface area contributed by atoms with Gasteiger partial charge < -0.3 is 0 Å². The van der Waals surface area contributed by atoms with Gasteiger partial charge in [-0.15, -0.1) is 11.3 Å². The quantitative estimate of drug-likeness (QED) is 0.833. The maximum Gasteiger partial charge on any atom is 0.187 e. The molecule has 0 aliphatic heterocycles. The molecule has 1 aromatic rings. The van der Waals surface area contributed by atoms with Gasteiger partial charge in [0.05, 0.1) is 9.54 Å². The molecule has 0 spiro atoms. The lowest BCUT2D eigenvalue weighted by molar-refractivity contribution is 0.599. The van der Waals surface area contributed by atoms with Crippen molar-refractivity contribution in [2.75, 3.05) is 5.75 Å². The highest BCUT2D eigenvalue weighted by atomic mass is 79.9. The summed E-state index contributed by atoms with van der Waals surface area (Å²) >= 11 is 7.71. The van der Waals surface area contributed by atoms with Crippen molar-refractivity contribution in [1.82, 2.24) is 0 Å². The van der Waals surface area contributed by atoms with E-state index in [2.05, 4.69) is 31.9 Å². The van der Waals surface area contributed by atoms with E-state index in [0.29, 0.717) is 4.21 Å². The van der Waals surface area contributed by atoms with Crippen LogP contribution in [0.5, 0.6) is 0 Å². The van der Waals surface area contributed by atoms with Crippen molar-refractivity contribution in [3.05, 3.63) is 14.3 Å². The van der Waals surface area contributed by atoms with Crippen LogP contribution in [-0.4, -0.2) is 14.2 Å². The summed E-state index contributed by atoms with van der Waals surface area (Å²) in [6.45, 7) is 1.64. The molecule has 0 unspecified atom stereocenters. The largest absolute Gasteiger partial charge is 0.223 e. The number of hydrogen-bond acceptors (Lipinski definition) is 3. The molecular weight excluding hydrogens is 328 g/mol. The maximum absolute atomic E-state index is 11.3. The first-order valence-corrected chi connectivity index (χ1v) is 7.20. The zero-order valence-corrected chi connectivity index (χ0v) is 11.0. The summed E-state index contributed by atoms with van der Waals surface area (Å²) < 4.78 is 24.7. The summed E-state index contributed by atoms with van der Waals surface area (Å²) in [6.07, 6.45) is 0. The lowest BCUT2D eigenvalue weighted by atomic mass is 10.7. The van der Waals surface area contributed by atoms with Crippen LogP contribution in [0.1, 0.15) is 6.92 Å². The van der Waals surface area contributed by atoms with Crippen molar-refractivity contribution in [2.45, 2.75) is 11.1 Å². The number of hydrogen-bond donors (Lipinski definition) is 0. The van der Waals surface area contributed by atoms with E-state index in [9.17, 15) is 8.42 Å². The van der Waals surface area contributed by atoms with Crippen LogP contribution in [0.4, 0.5) is 0 Å². The second kappa shape index (κ2) is 3.77. The Kier molecular flexibility index (Phi) is 3.36. The molecule has 0 aliphatic rings. The van der Waals surface area contributed by atoms with Gasteiger partial charge in [-0.2, -0.15) is 0 Å². The minimum absolute atomic E-state index is 0.145. The Balaban J connectivity index is 3.22. The molecule has 6 heteroatoms. The molecular formula is C6H6Br2O2S2. The van der Waals surface area contributed by atoms with Gasteiger partial charge in [0.1, 0.15) is 4.21 Å². The maximum atomic E-state index is 11.3. The van der Waals surface area contributed by atoms with E-state index in [-0.39, 0.29) is 5.75 Å². The molecule has 0 fully saturated rings. The molecule has 0 aliphatic carbocycles. The van der Waals surface area contributed by atoms with Crippen LogP contribution >= 0.6 is 43.2 Å². The second-order valence-corrected chi connectivity index (χ2v) is 7.82. The molecule has 0 bridgehead atoms. The predicted octanol–water partition coefficient (Wildman–Crippen LogP) is 3.07. The molecule has 0 aromatic carbocycles. The SMILES string of the molecule is CCS(=O)(=O)c1cc(Br)c(Br)s1. The summed E-state index contributed by atoms with van der Waals surface area (Å²) in [5, 5.41) is 0. The first-order valence-electron chi connectivity index (χ1n) is 3.15. The third-order valence-electron chi connectivity index (χ3n) is 1.31. The van der Waals surface area contributed by atoms with Gasteiger partial charge in [0.25, 0.3) is 0 Å². The van der Waals surface area contributed by atoms with Gasteiger partial charge in [0.2, 0.25) is 0 Å². The van der Waals surface area contributed by atoms with Crippen LogP contribution in [0.15, 0.2) is 18.5 Å². The molecule has 0 atom stereocenters. The lowest BCUT2D eigenvalue weighted by Gasteiger charge is -1.93. The molecule has 1 rings (SSSR count). The Bertz CT molecular complexity index is 361. The molecule has 1 aromatic heterocycles. The number of sulfone groups is 1. The molecule has 12 heavy (non-hydrogen) atoms. The van der Waals surface area contributed by atoms with Gasteiger partial charge in [-0.25, -0.2) is 8.42 Å². The summed E-state index contributed by atoms with van der Waals surface area (Å²) in [5.41, 5.74) is 0. The fourth-order valence-corrected chi connectivity index (χ4v) is 4.56. The predicted molar refractivity (Wildman–Crippen MR) is 57.4 cm³/mol. The average molecular weight is 334 g/mol. The third kappa shape index (κ3) is 2.10. The van der Waals surface area contributed by atoms with Crippen molar-refractivity contribution in [3.63, 3.8) is 0 Å². The fourth-order valence-electron chi connectivity index (χ4n) is 0.622. The minimum atomic E-state index is -3.04. The van der Waals surface area contributed by atoms with Crippen LogP contribution in [0.2, 0.25) is 0 Å². The van der Waals surface area contributed by atoms with Gasteiger partial charge in [-0.05, 0) is 37.9 Å². The Morgan fingerprint density at radius 3 is 2.42 bits per heavy atom. The molecule has 1 heterocycles. The fraction of sp³-hybridized carbons (Fsp3) is 0.333. The van der Waals surface area contributed by atoms with E-state index in [1.165, 1.54) is 11.3 Å². The Hall–Kier alpha value is 0.610. The molecule has 0 radical (unpaired) electrons. The van der Waals surface area contributed by atoms with E-state index in [1.54, 1.807) is 13.0 Å². The molecule has 0 saturated carbocycles. The van der Waals surface area contributed by atoms with Crippen molar-refractivity contribution in [3.8, 4) is 0 Å². The van der Waals surface area contributed by atoms with Gasteiger partial charge in [-0.3, -0.25) is 0 Å². The lowest BCUT2D eigenvalue weighted by Crippen LogP contribution is -2.00. The number of halogens is 2. The first-order chi connectivity index (χ1) is 5.47. The summed E-state index contributed by atoms with van der Waals surface area (Å²) in [6, 6.07) is 1.62. The van der Waals surface area contributed by atoms with Crippen LogP contribution < -0.4 is 0 Å². The number of thiophene rings is 1. The van der Waals surface area contributed by atoms with Gasteiger partial charge >= 0.3 is 0 Å². The zero-order chi connectivity index (χ0) is 9.35. The highest BCUT2D eigenvalue weighted by molar-refractivity contribution is 9.13.